The lowest BCUT2D eigenvalue weighted by atomic mass is 10.2. The molecule has 0 unspecified atom stereocenters. The average molecular weight is 150 g/mol. The van der Waals surface area contributed by atoms with Crippen molar-refractivity contribution in [1.29, 1.82) is 0 Å². The van der Waals surface area contributed by atoms with Crippen molar-refractivity contribution in [1.82, 2.24) is 5.32 Å². The topological polar surface area (TPSA) is 34.3 Å². The predicted octanol–water partition coefficient (Wildman–Crippen LogP) is 1.22. The first-order valence-electron chi connectivity index (χ1n) is 3.68. The second-order valence-corrected chi connectivity index (χ2v) is 2.44. The average Bonchev–Trinajstić information content (AvgIpc) is 2.04. The van der Waals surface area contributed by atoms with E-state index >= 15 is 0 Å². The summed E-state index contributed by atoms with van der Waals surface area (Å²) in [6.07, 6.45) is 0. The SMILES string of the molecule is Cc1ccc([N]CCO)cc1. The number of aliphatic hydroxyl groups excluding tert-OH is 1. The zero-order valence-electron chi connectivity index (χ0n) is 6.62. The second-order valence-electron chi connectivity index (χ2n) is 2.44. The second kappa shape index (κ2) is 3.98. The Morgan fingerprint density at radius 2 is 1.91 bits per heavy atom. The summed E-state index contributed by atoms with van der Waals surface area (Å²) in [7, 11) is 0. The maximum absolute atomic E-state index is 8.49. The maximum Gasteiger partial charge on any atom is 0.0628 e. The third kappa shape index (κ3) is 2.60. The van der Waals surface area contributed by atoms with Gasteiger partial charge in [0.1, 0.15) is 0 Å². The van der Waals surface area contributed by atoms with Gasteiger partial charge in [-0.2, -0.15) is 0 Å². The molecule has 1 radical (unpaired) electrons. The van der Waals surface area contributed by atoms with Crippen LogP contribution in [0.15, 0.2) is 24.3 Å². The minimum absolute atomic E-state index is 0.119. The number of benzene rings is 1. The molecule has 2 nitrogen and oxygen atoms in total. The first kappa shape index (κ1) is 8.08. The minimum atomic E-state index is 0.119. The van der Waals surface area contributed by atoms with Crippen molar-refractivity contribution >= 4 is 5.69 Å². The van der Waals surface area contributed by atoms with Gasteiger partial charge in [0, 0.05) is 0 Å². The van der Waals surface area contributed by atoms with Gasteiger partial charge >= 0.3 is 0 Å². The Morgan fingerprint density at radius 1 is 1.27 bits per heavy atom. The van der Waals surface area contributed by atoms with Crippen LogP contribution in [0.25, 0.3) is 0 Å². The zero-order chi connectivity index (χ0) is 8.10. The van der Waals surface area contributed by atoms with Crippen LogP contribution in [-0.2, 0) is 0 Å². The van der Waals surface area contributed by atoms with E-state index in [-0.39, 0.29) is 6.61 Å². The van der Waals surface area contributed by atoms with Crippen LogP contribution in [0.2, 0.25) is 0 Å². The van der Waals surface area contributed by atoms with E-state index in [1.54, 1.807) is 0 Å². The Hall–Kier alpha value is -1.02. The monoisotopic (exact) mass is 150 g/mol. The summed E-state index contributed by atoms with van der Waals surface area (Å²) in [5, 5.41) is 12.6. The molecule has 0 atom stereocenters. The van der Waals surface area contributed by atoms with Gasteiger partial charge in [-0.15, -0.1) is 0 Å². The number of aliphatic hydroxyl groups is 1. The van der Waals surface area contributed by atoms with Gasteiger partial charge in [-0.3, -0.25) is 5.32 Å². The first-order valence-corrected chi connectivity index (χ1v) is 3.68. The summed E-state index contributed by atoms with van der Waals surface area (Å²) in [6, 6.07) is 7.92. The van der Waals surface area contributed by atoms with Gasteiger partial charge in [0.15, 0.2) is 0 Å². The molecule has 1 rings (SSSR count). The van der Waals surface area contributed by atoms with E-state index in [4.69, 9.17) is 5.11 Å². The van der Waals surface area contributed by atoms with Gasteiger partial charge in [0.2, 0.25) is 0 Å². The van der Waals surface area contributed by atoms with Gasteiger partial charge < -0.3 is 5.11 Å². The molecular weight excluding hydrogens is 138 g/mol. The number of aryl methyl sites for hydroxylation is 1. The standard InChI is InChI=1S/C9H12NO/c1-8-2-4-9(5-3-8)10-6-7-11/h2-5,11H,6-7H2,1H3. The number of rotatable bonds is 3. The van der Waals surface area contributed by atoms with Crippen molar-refractivity contribution in [2.24, 2.45) is 0 Å². The lowest BCUT2D eigenvalue weighted by Crippen LogP contribution is -2.03. The summed E-state index contributed by atoms with van der Waals surface area (Å²) in [5.74, 6) is 0. The number of hydrogen-bond acceptors (Lipinski definition) is 1. The van der Waals surface area contributed by atoms with E-state index in [2.05, 4.69) is 5.32 Å². The van der Waals surface area contributed by atoms with Crippen LogP contribution in [0.4, 0.5) is 5.69 Å². The lowest BCUT2D eigenvalue weighted by Gasteiger charge is -1.99. The molecule has 2 heteroatoms. The van der Waals surface area contributed by atoms with E-state index in [1.165, 1.54) is 5.56 Å². The van der Waals surface area contributed by atoms with Gasteiger partial charge in [-0.05, 0) is 19.1 Å². The Kier molecular flexibility index (Phi) is 2.93. The molecule has 0 fully saturated rings. The molecule has 0 saturated heterocycles. The predicted molar refractivity (Wildman–Crippen MR) is 44.9 cm³/mol. The molecule has 1 aromatic rings. The molecule has 0 aliphatic rings. The van der Waals surface area contributed by atoms with Crippen molar-refractivity contribution in [3.63, 3.8) is 0 Å². The van der Waals surface area contributed by atoms with E-state index in [1.807, 2.05) is 31.2 Å². The van der Waals surface area contributed by atoms with Gasteiger partial charge in [0.05, 0.1) is 18.8 Å². The molecule has 0 saturated carbocycles. The molecule has 11 heavy (non-hydrogen) atoms. The van der Waals surface area contributed by atoms with Gasteiger partial charge in [0.25, 0.3) is 0 Å². The largest absolute Gasteiger partial charge is 0.394 e. The van der Waals surface area contributed by atoms with Crippen LogP contribution >= 0.6 is 0 Å². The Morgan fingerprint density at radius 3 is 2.45 bits per heavy atom. The summed E-state index contributed by atoms with van der Waals surface area (Å²) in [4.78, 5) is 0. The smallest absolute Gasteiger partial charge is 0.0628 e. The van der Waals surface area contributed by atoms with Crippen LogP contribution in [0.1, 0.15) is 5.56 Å². The van der Waals surface area contributed by atoms with Crippen molar-refractivity contribution < 1.29 is 5.11 Å². The lowest BCUT2D eigenvalue weighted by molar-refractivity contribution is 0.298. The molecule has 0 aliphatic carbocycles. The highest BCUT2D eigenvalue weighted by atomic mass is 16.3. The highest BCUT2D eigenvalue weighted by molar-refractivity contribution is 5.37. The van der Waals surface area contributed by atoms with Crippen molar-refractivity contribution in [2.45, 2.75) is 6.92 Å². The highest BCUT2D eigenvalue weighted by Gasteiger charge is 1.90. The Bertz CT molecular complexity index is 205. The van der Waals surface area contributed by atoms with Crippen molar-refractivity contribution in [2.75, 3.05) is 13.2 Å². The third-order valence-electron chi connectivity index (χ3n) is 1.43. The van der Waals surface area contributed by atoms with Crippen LogP contribution < -0.4 is 5.32 Å². The van der Waals surface area contributed by atoms with Crippen LogP contribution in [-0.4, -0.2) is 18.3 Å². The molecular formula is C9H12NO. The van der Waals surface area contributed by atoms with Gasteiger partial charge in [-0.25, -0.2) is 0 Å². The van der Waals surface area contributed by atoms with Crippen LogP contribution in [0, 0.1) is 6.92 Å². The van der Waals surface area contributed by atoms with Crippen LogP contribution in [0.3, 0.4) is 0 Å². The third-order valence-corrected chi connectivity index (χ3v) is 1.43. The fraction of sp³-hybridized carbons (Fsp3) is 0.333. The molecule has 0 aliphatic heterocycles. The molecule has 0 heterocycles. The summed E-state index contributed by atoms with van der Waals surface area (Å²) in [6.45, 7) is 2.65. The fourth-order valence-corrected chi connectivity index (χ4v) is 0.829. The fourth-order valence-electron chi connectivity index (χ4n) is 0.829. The molecule has 1 aromatic carbocycles. The maximum atomic E-state index is 8.49. The van der Waals surface area contributed by atoms with Crippen molar-refractivity contribution in [3.05, 3.63) is 29.8 Å². The van der Waals surface area contributed by atoms with Gasteiger partial charge in [-0.1, -0.05) is 17.7 Å². The number of hydrogen-bond donors (Lipinski definition) is 1. The molecule has 0 bridgehead atoms. The molecule has 59 valence electrons. The molecule has 0 aromatic heterocycles. The quantitative estimate of drug-likeness (QED) is 0.690. The van der Waals surface area contributed by atoms with Crippen molar-refractivity contribution in [3.8, 4) is 0 Å². The zero-order valence-corrected chi connectivity index (χ0v) is 6.62. The Labute approximate surface area is 66.9 Å². The first-order chi connectivity index (χ1) is 5.33. The number of nitrogens with zero attached hydrogens (tertiary/aromatic N) is 1. The summed E-state index contributed by atoms with van der Waals surface area (Å²) >= 11 is 0. The van der Waals surface area contributed by atoms with E-state index in [0.29, 0.717) is 6.54 Å². The molecule has 1 N–H and O–H groups in total. The Balaban J connectivity index is 2.52. The van der Waals surface area contributed by atoms with E-state index in [9.17, 15) is 0 Å². The summed E-state index contributed by atoms with van der Waals surface area (Å²) in [5.41, 5.74) is 2.16. The minimum Gasteiger partial charge on any atom is -0.394 e. The molecule has 0 spiro atoms. The highest BCUT2D eigenvalue weighted by Crippen LogP contribution is 2.07. The molecule has 0 amide bonds. The van der Waals surface area contributed by atoms with E-state index < -0.39 is 0 Å². The van der Waals surface area contributed by atoms with Crippen LogP contribution in [0.5, 0.6) is 0 Å². The van der Waals surface area contributed by atoms with E-state index in [0.717, 1.165) is 5.69 Å². The normalized spacial score (nSPS) is 9.64. The summed E-state index contributed by atoms with van der Waals surface area (Å²) < 4.78 is 0.